The lowest BCUT2D eigenvalue weighted by Crippen LogP contribution is -2.05. The molecule has 0 saturated carbocycles. The highest BCUT2D eigenvalue weighted by atomic mass is 35.5. The van der Waals surface area contributed by atoms with Gasteiger partial charge in [-0.1, -0.05) is 17.7 Å². The molecule has 1 aromatic heterocycles. The van der Waals surface area contributed by atoms with Crippen LogP contribution < -0.4 is 0 Å². The maximum atomic E-state index is 13.0. The largest absolute Gasteiger partial charge is 0.294 e. The standard InChI is InChI=1S/C13H12ClFN2O/c1-8-10(7-16-17(8)2)13(18)6-9-3-4-12(15)11(14)5-9/h3-5,7H,6H2,1-2H3. The molecule has 0 aliphatic rings. The van der Waals surface area contributed by atoms with Crippen LogP contribution in [-0.2, 0) is 13.5 Å². The quantitative estimate of drug-likeness (QED) is 0.801. The number of nitrogens with zero attached hydrogens (tertiary/aromatic N) is 2. The zero-order valence-electron chi connectivity index (χ0n) is 10.1. The van der Waals surface area contributed by atoms with Gasteiger partial charge in [0.05, 0.1) is 16.8 Å². The number of rotatable bonds is 3. The van der Waals surface area contributed by atoms with Crippen molar-refractivity contribution in [3.63, 3.8) is 0 Å². The Morgan fingerprint density at radius 3 is 2.78 bits per heavy atom. The Hall–Kier alpha value is -1.68. The highest BCUT2D eigenvalue weighted by molar-refractivity contribution is 6.30. The van der Waals surface area contributed by atoms with Crippen LogP contribution in [0.25, 0.3) is 0 Å². The minimum Gasteiger partial charge on any atom is -0.294 e. The van der Waals surface area contributed by atoms with Gasteiger partial charge in [0, 0.05) is 19.2 Å². The van der Waals surface area contributed by atoms with E-state index in [4.69, 9.17) is 11.6 Å². The smallest absolute Gasteiger partial charge is 0.170 e. The van der Waals surface area contributed by atoms with Crippen LogP contribution in [-0.4, -0.2) is 15.6 Å². The lowest BCUT2D eigenvalue weighted by molar-refractivity contribution is 0.0992. The van der Waals surface area contributed by atoms with Gasteiger partial charge in [0.2, 0.25) is 0 Å². The van der Waals surface area contributed by atoms with Crippen LogP contribution in [0.3, 0.4) is 0 Å². The SMILES string of the molecule is Cc1c(C(=O)Cc2ccc(F)c(Cl)c2)cnn1C. The number of aryl methyl sites for hydroxylation is 1. The molecule has 5 heteroatoms. The van der Waals surface area contributed by atoms with Crippen LogP contribution in [0.2, 0.25) is 5.02 Å². The first-order valence-corrected chi connectivity index (χ1v) is 5.82. The summed E-state index contributed by atoms with van der Waals surface area (Å²) in [5, 5.41) is 4.05. The lowest BCUT2D eigenvalue weighted by atomic mass is 10.0. The molecule has 94 valence electrons. The van der Waals surface area contributed by atoms with E-state index < -0.39 is 5.82 Å². The van der Waals surface area contributed by atoms with E-state index in [-0.39, 0.29) is 17.2 Å². The van der Waals surface area contributed by atoms with Gasteiger partial charge in [0.25, 0.3) is 0 Å². The molecule has 0 saturated heterocycles. The predicted molar refractivity (Wildman–Crippen MR) is 67.4 cm³/mol. The first-order valence-electron chi connectivity index (χ1n) is 5.44. The third kappa shape index (κ3) is 2.43. The molecule has 0 bridgehead atoms. The zero-order valence-corrected chi connectivity index (χ0v) is 10.8. The van der Waals surface area contributed by atoms with Crippen molar-refractivity contribution >= 4 is 17.4 Å². The minimum absolute atomic E-state index is 0.0307. The van der Waals surface area contributed by atoms with E-state index in [9.17, 15) is 9.18 Å². The molecule has 18 heavy (non-hydrogen) atoms. The molecule has 2 aromatic rings. The average Bonchev–Trinajstić information content (AvgIpc) is 2.65. The van der Waals surface area contributed by atoms with Gasteiger partial charge in [-0.25, -0.2) is 4.39 Å². The number of benzene rings is 1. The first-order chi connectivity index (χ1) is 8.49. The Balaban J connectivity index is 2.21. The monoisotopic (exact) mass is 266 g/mol. The van der Waals surface area contributed by atoms with Gasteiger partial charge in [-0.2, -0.15) is 5.10 Å². The number of Topliss-reactive ketones (excluding diaryl/α,β-unsaturated/α-hetero) is 1. The van der Waals surface area contributed by atoms with Gasteiger partial charge >= 0.3 is 0 Å². The summed E-state index contributed by atoms with van der Waals surface area (Å²) in [4.78, 5) is 12.1. The summed E-state index contributed by atoms with van der Waals surface area (Å²) in [5.41, 5.74) is 2.08. The maximum absolute atomic E-state index is 13.0. The van der Waals surface area contributed by atoms with Crippen molar-refractivity contribution < 1.29 is 9.18 Å². The predicted octanol–water partition coefficient (Wildman–Crippen LogP) is 2.95. The van der Waals surface area contributed by atoms with E-state index in [1.54, 1.807) is 24.0 Å². The third-order valence-corrected chi connectivity index (χ3v) is 3.17. The van der Waals surface area contributed by atoms with Crippen LogP contribution >= 0.6 is 11.6 Å². The van der Waals surface area contributed by atoms with E-state index in [1.807, 2.05) is 6.92 Å². The third-order valence-electron chi connectivity index (χ3n) is 2.88. The van der Waals surface area contributed by atoms with E-state index in [2.05, 4.69) is 5.10 Å². The van der Waals surface area contributed by atoms with Crippen molar-refractivity contribution in [2.45, 2.75) is 13.3 Å². The Labute approximate surface area is 109 Å². The van der Waals surface area contributed by atoms with E-state index in [1.165, 1.54) is 12.1 Å². The lowest BCUT2D eigenvalue weighted by Gasteiger charge is -2.02. The van der Waals surface area contributed by atoms with Gasteiger partial charge < -0.3 is 0 Å². The molecule has 0 N–H and O–H groups in total. The molecule has 2 rings (SSSR count). The van der Waals surface area contributed by atoms with Crippen molar-refractivity contribution in [2.75, 3.05) is 0 Å². The van der Waals surface area contributed by atoms with Crippen LogP contribution in [0.15, 0.2) is 24.4 Å². The number of carbonyl (C=O) groups is 1. The molecule has 0 spiro atoms. The van der Waals surface area contributed by atoms with Gasteiger partial charge in [-0.05, 0) is 24.6 Å². The molecule has 0 aliphatic heterocycles. The maximum Gasteiger partial charge on any atom is 0.170 e. The summed E-state index contributed by atoms with van der Waals surface area (Å²) in [5.74, 6) is -0.534. The summed E-state index contributed by atoms with van der Waals surface area (Å²) in [6.07, 6.45) is 1.73. The first kappa shape index (κ1) is 12.8. The second kappa shape index (κ2) is 4.90. The Morgan fingerprint density at radius 1 is 1.50 bits per heavy atom. The number of hydrogen-bond donors (Lipinski definition) is 0. The number of aromatic nitrogens is 2. The van der Waals surface area contributed by atoms with Gasteiger partial charge in [0.15, 0.2) is 5.78 Å². The summed E-state index contributed by atoms with van der Waals surface area (Å²) in [6.45, 7) is 1.83. The van der Waals surface area contributed by atoms with Crippen molar-refractivity contribution in [1.29, 1.82) is 0 Å². The molecule has 1 aromatic carbocycles. The molecule has 3 nitrogen and oxygen atoms in total. The minimum atomic E-state index is -0.481. The van der Waals surface area contributed by atoms with Crippen molar-refractivity contribution in [1.82, 2.24) is 9.78 Å². The Morgan fingerprint density at radius 2 is 2.22 bits per heavy atom. The molecule has 1 heterocycles. The Kier molecular flexibility index (Phi) is 3.48. The summed E-state index contributed by atoms with van der Waals surface area (Å²) in [6, 6.07) is 4.30. The van der Waals surface area contributed by atoms with E-state index in [0.29, 0.717) is 11.1 Å². The molecular formula is C13H12ClFN2O. The number of hydrogen-bond acceptors (Lipinski definition) is 2. The summed E-state index contributed by atoms with van der Waals surface area (Å²) >= 11 is 5.68. The molecule has 0 aliphatic carbocycles. The van der Waals surface area contributed by atoms with Crippen LogP contribution in [0, 0.1) is 12.7 Å². The normalized spacial score (nSPS) is 10.7. The topological polar surface area (TPSA) is 34.9 Å². The zero-order chi connectivity index (χ0) is 13.3. The fourth-order valence-corrected chi connectivity index (χ4v) is 1.91. The molecular weight excluding hydrogens is 255 g/mol. The van der Waals surface area contributed by atoms with Crippen LogP contribution in [0.4, 0.5) is 4.39 Å². The highest BCUT2D eigenvalue weighted by Gasteiger charge is 2.14. The van der Waals surface area contributed by atoms with Crippen molar-refractivity contribution in [3.05, 3.63) is 52.1 Å². The number of carbonyl (C=O) groups excluding carboxylic acids is 1. The van der Waals surface area contributed by atoms with E-state index >= 15 is 0 Å². The summed E-state index contributed by atoms with van der Waals surface area (Å²) in [7, 11) is 1.78. The molecule has 0 amide bonds. The van der Waals surface area contributed by atoms with Gasteiger partial charge in [0.1, 0.15) is 5.82 Å². The van der Waals surface area contributed by atoms with Gasteiger partial charge in [-0.3, -0.25) is 9.48 Å². The van der Waals surface area contributed by atoms with Crippen LogP contribution in [0.1, 0.15) is 21.6 Å². The molecule has 0 atom stereocenters. The van der Waals surface area contributed by atoms with Crippen molar-refractivity contribution in [2.24, 2.45) is 7.05 Å². The number of ketones is 1. The van der Waals surface area contributed by atoms with Crippen LogP contribution in [0.5, 0.6) is 0 Å². The fourth-order valence-electron chi connectivity index (χ4n) is 1.70. The second-order valence-corrected chi connectivity index (χ2v) is 4.52. The average molecular weight is 267 g/mol. The molecule has 0 fully saturated rings. The molecule has 0 unspecified atom stereocenters. The number of halogens is 2. The second-order valence-electron chi connectivity index (χ2n) is 4.12. The fraction of sp³-hybridized carbons (Fsp3) is 0.231. The van der Waals surface area contributed by atoms with E-state index in [0.717, 1.165) is 5.69 Å². The highest BCUT2D eigenvalue weighted by Crippen LogP contribution is 2.18. The van der Waals surface area contributed by atoms with Gasteiger partial charge in [-0.15, -0.1) is 0 Å². The van der Waals surface area contributed by atoms with Crippen molar-refractivity contribution in [3.8, 4) is 0 Å². The molecule has 0 radical (unpaired) electrons. The Bertz CT molecular complexity index is 607. The summed E-state index contributed by atoms with van der Waals surface area (Å²) < 4.78 is 14.6.